The molecule has 2 atom stereocenters. The Balaban J connectivity index is 2.43. The van der Waals surface area contributed by atoms with Gasteiger partial charge in [0.1, 0.15) is 12.1 Å². The minimum absolute atomic E-state index is 0.0719. The minimum Gasteiger partial charge on any atom is -0.376 e. The average molecular weight is 250 g/mol. The smallest absolute Gasteiger partial charge is 0.261 e. The van der Waals surface area contributed by atoms with Gasteiger partial charge in [0, 0.05) is 6.61 Å². The number of likely N-dealkylation sites (N-methyl/N-ethyl adjacent to an activating group) is 1. The molecule has 0 bridgehead atoms. The maximum absolute atomic E-state index is 11.9. The predicted octanol–water partition coefficient (Wildman–Crippen LogP) is 0.902. The van der Waals surface area contributed by atoms with E-state index >= 15 is 0 Å². The lowest BCUT2D eigenvalue weighted by atomic mass is 9.84. The molecule has 0 saturated heterocycles. The second-order valence-corrected chi connectivity index (χ2v) is 4.43. The van der Waals surface area contributed by atoms with Gasteiger partial charge in [0.2, 0.25) is 5.91 Å². The highest BCUT2D eigenvalue weighted by molar-refractivity contribution is 5.85. The Morgan fingerprint density at radius 1 is 1.65 bits per heavy atom. The molecule has 0 aromatic heterocycles. The Morgan fingerprint density at radius 3 is 2.88 bits per heavy atom. The van der Waals surface area contributed by atoms with Gasteiger partial charge < -0.3 is 15.8 Å². The summed E-state index contributed by atoms with van der Waals surface area (Å²) in [5.41, 5.74) is 4.74. The molecule has 100 valence electrons. The van der Waals surface area contributed by atoms with Gasteiger partial charge in [-0.25, -0.2) is 8.78 Å². The number of carbonyl (C=O) groups excluding carboxylic acids is 1. The van der Waals surface area contributed by atoms with E-state index in [1.807, 2.05) is 0 Å². The highest BCUT2D eigenvalue weighted by Gasteiger charge is 2.46. The summed E-state index contributed by atoms with van der Waals surface area (Å²) in [6.07, 6.45) is 0.642. The lowest BCUT2D eigenvalue weighted by Gasteiger charge is -2.32. The first-order valence-corrected chi connectivity index (χ1v) is 5.87. The van der Waals surface area contributed by atoms with Gasteiger partial charge in [0.15, 0.2) is 0 Å². The van der Waals surface area contributed by atoms with E-state index in [0.717, 1.165) is 12.8 Å². The summed E-state index contributed by atoms with van der Waals surface area (Å²) in [5, 5.41) is 3.00. The number of alkyl halides is 2. The van der Waals surface area contributed by atoms with Crippen molar-refractivity contribution in [2.24, 2.45) is 11.7 Å². The molecule has 1 fully saturated rings. The van der Waals surface area contributed by atoms with Crippen molar-refractivity contribution in [3.8, 4) is 0 Å². The number of hydrogen-bond acceptors (Lipinski definition) is 3. The number of amides is 1. The standard InChI is InChI=1S/C11H20F2N2O2/c1-15-11(10(14)16)5-2-3-8(11)4-6-17-7-9(12)13/h8-9,15H,2-7H2,1H3,(H2,14,16). The number of nitrogens with one attached hydrogen (secondary N) is 1. The molecule has 0 aliphatic heterocycles. The summed E-state index contributed by atoms with van der Waals surface area (Å²) in [4.78, 5) is 11.5. The molecule has 6 heteroatoms. The van der Waals surface area contributed by atoms with Crippen molar-refractivity contribution < 1.29 is 18.3 Å². The van der Waals surface area contributed by atoms with Crippen molar-refractivity contribution in [3.63, 3.8) is 0 Å². The molecule has 0 aromatic rings. The first-order valence-electron chi connectivity index (χ1n) is 5.87. The van der Waals surface area contributed by atoms with Crippen molar-refractivity contribution in [2.75, 3.05) is 20.3 Å². The van der Waals surface area contributed by atoms with Crippen molar-refractivity contribution in [3.05, 3.63) is 0 Å². The van der Waals surface area contributed by atoms with Gasteiger partial charge in [-0.05, 0) is 32.2 Å². The molecule has 1 aliphatic rings. The van der Waals surface area contributed by atoms with Gasteiger partial charge in [0.05, 0.1) is 0 Å². The van der Waals surface area contributed by atoms with Crippen LogP contribution in [0.15, 0.2) is 0 Å². The maximum atomic E-state index is 11.9. The third-order valence-corrected chi connectivity index (χ3v) is 3.56. The van der Waals surface area contributed by atoms with Gasteiger partial charge in [-0.2, -0.15) is 0 Å². The summed E-state index contributed by atoms with van der Waals surface area (Å²) >= 11 is 0. The molecule has 4 nitrogen and oxygen atoms in total. The highest BCUT2D eigenvalue weighted by Crippen LogP contribution is 2.37. The molecule has 0 radical (unpaired) electrons. The fraction of sp³-hybridized carbons (Fsp3) is 0.909. The molecule has 1 aliphatic carbocycles. The number of carbonyl (C=O) groups is 1. The fourth-order valence-corrected chi connectivity index (χ4v) is 2.64. The van der Waals surface area contributed by atoms with Crippen molar-refractivity contribution >= 4 is 5.91 Å². The van der Waals surface area contributed by atoms with Crippen LogP contribution < -0.4 is 11.1 Å². The number of ether oxygens (including phenoxy) is 1. The van der Waals surface area contributed by atoms with E-state index in [1.54, 1.807) is 7.05 Å². The van der Waals surface area contributed by atoms with Crippen LogP contribution in [0.5, 0.6) is 0 Å². The van der Waals surface area contributed by atoms with Crippen LogP contribution in [0.4, 0.5) is 8.78 Å². The van der Waals surface area contributed by atoms with Crippen LogP contribution >= 0.6 is 0 Å². The lowest BCUT2D eigenvalue weighted by molar-refractivity contribution is -0.126. The topological polar surface area (TPSA) is 64.3 Å². The highest BCUT2D eigenvalue weighted by atomic mass is 19.3. The van der Waals surface area contributed by atoms with Gasteiger partial charge in [-0.1, -0.05) is 6.42 Å². The van der Waals surface area contributed by atoms with E-state index in [9.17, 15) is 13.6 Å². The van der Waals surface area contributed by atoms with E-state index in [0.29, 0.717) is 12.8 Å². The van der Waals surface area contributed by atoms with Gasteiger partial charge in [-0.15, -0.1) is 0 Å². The van der Waals surface area contributed by atoms with Crippen LogP contribution in [-0.4, -0.2) is 38.1 Å². The number of hydrogen-bond donors (Lipinski definition) is 2. The Morgan fingerprint density at radius 2 is 2.35 bits per heavy atom. The van der Waals surface area contributed by atoms with Gasteiger partial charge in [-0.3, -0.25) is 4.79 Å². The maximum Gasteiger partial charge on any atom is 0.261 e. The Kier molecular flexibility index (Phi) is 5.27. The van der Waals surface area contributed by atoms with Crippen LogP contribution in [-0.2, 0) is 9.53 Å². The zero-order valence-electron chi connectivity index (χ0n) is 10.0. The Hall–Kier alpha value is -0.750. The lowest BCUT2D eigenvalue weighted by Crippen LogP contribution is -2.56. The molecule has 1 rings (SSSR count). The van der Waals surface area contributed by atoms with Crippen LogP contribution in [0.1, 0.15) is 25.7 Å². The molecule has 2 unspecified atom stereocenters. The summed E-state index contributed by atoms with van der Waals surface area (Å²) in [7, 11) is 1.71. The Labute approximate surface area is 99.9 Å². The number of rotatable bonds is 7. The molecule has 0 spiro atoms. The van der Waals surface area contributed by atoms with Gasteiger partial charge >= 0.3 is 0 Å². The Bertz CT molecular complexity index is 264. The van der Waals surface area contributed by atoms with E-state index in [-0.39, 0.29) is 18.4 Å². The third kappa shape index (κ3) is 3.35. The monoisotopic (exact) mass is 250 g/mol. The molecule has 0 aromatic carbocycles. The van der Waals surface area contributed by atoms with Crippen molar-refractivity contribution in [1.29, 1.82) is 0 Å². The molecular formula is C11H20F2N2O2. The van der Waals surface area contributed by atoms with Crippen LogP contribution in [0.3, 0.4) is 0 Å². The molecular weight excluding hydrogens is 230 g/mol. The van der Waals surface area contributed by atoms with E-state index in [2.05, 4.69) is 5.32 Å². The van der Waals surface area contributed by atoms with Crippen LogP contribution in [0.25, 0.3) is 0 Å². The summed E-state index contributed by atoms with van der Waals surface area (Å²) in [6.45, 7) is -0.304. The zero-order valence-corrected chi connectivity index (χ0v) is 10.0. The van der Waals surface area contributed by atoms with E-state index < -0.39 is 18.6 Å². The van der Waals surface area contributed by atoms with Crippen LogP contribution in [0.2, 0.25) is 0 Å². The number of primary amides is 1. The summed E-state index contributed by atoms with van der Waals surface area (Å²) in [5.74, 6) is -0.293. The van der Waals surface area contributed by atoms with E-state index in [4.69, 9.17) is 10.5 Å². The third-order valence-electron chi connectivity index (χ3n) is 3.56. The summed E-state index contributed by atoms with van der Waals surface area (Å²) in [6, 6.07) is 0. The second kappa shape index (κ2) is 6.26. The fourth-order valence-electron chi connectivity index (χ4n) is 2.64. The zero-order chi connectivity index (χ0) is 12.9. The molecule has 1 amide bonds. The molecule has 1 saturated carbocycles. The van der Waals surface area contributed by atoms with E-state index in [1.165, 1.54) is 0 Å². The first kappa shape index (κ1) is 14.3. The minimum atomic E-state index is -2.44. The van der Waals surface area contributed by atoms with Gasteiger partial charge in [0.25, 0.3) is 6.43 Å². The molecule has 3 N–H and O–H groups in total. The predicted molar refractivity (Wildman–Crippen MR) is 59.8 cm³/mol. The normalized spacial score (nSPS) is 28.8. The summed E-state index contributed by atoms with van der Waals surface area (Å²) < 4.78 is 28.6. The first-order chi connectivity index (χ1) is 8.03. The quantitative estimate of drug-likeness (QED) is 0.660. The average Bonchev–Trinajstić information content (AvgIpc) is 2.68. The largest absolute Gasteiger partial charge is 0.376 e. The molecule has 0 heterocycles. The second-order valence-electron chi connectivity index (χ2n) is 4.43. The SMILES string of the molecule is CNC1(C(N)=O)CCCC1CCOCC(F)F. The molecule has 17 heavy (non-hydrogen) atoms. The number of halogens is 2. The van der Waals surface area contributed by atoms with Crippen molar-refractivity contribution in [2.45, 2.75) is 37.6 Å². The van der Waals surface area contributed by atoms with Crippen molar-refractivity contribution in [1.82, 2.24) is 5.32 Å². The number of nitrogens with two attached hydrogens (primary N) is 1. The van der Waals surface area contributed by atoms with Crippen LogP contribution in [0, 0.1) is 5.92 Å².